The van der Waals surface area contributed by atoms with Gasteiger partial charge < -0.3 is 88.4 Å². The number of carbonyl (C=O) groups excluding carboxylic acids is 11. The Morgan fingerprint density at radius 2 is 0.869 bits per heavy atom. The predicted molar refractivity (Wildman–Crippen MR) is 530 cm³/mol. The number of amides is 6. The van der Waals surface area contributed by atoms with Crippen molar-refractivity contribution in [3.63, 3.8) is 0 Å². The summed E-state index contributed by atoms with van der Waals surface area (Å²) in [5.41, 5.74) is 6.99. The molecule has 4 unspecified atom stereocenters. The van der Waals surface area contributed by atoms with E-state index in [9.17, 15) is 62.6 Å². The Morgan fingerprint density at radius 3 is 1.23 bits per heavy atom. The van der Waals surface area contributed by atoms with Crippen LogP contribution in [0.15, 0.2) is 60.7 Å². The Labute approximate surface area is 819 Å². The number of carboxylic acid groups (broad SMARTS) is 1. The van der Waals surface area contributed by atoms with Gasteiger partial charge in [0.15, 0.2) is 24.0 Å². The minimum Gasteiger partial charge on any atom is -0.481 e. The van der Waals surface area contributed by atoms with Gasteiger partial charge in [0.05, 0.1) is 132 Å². The molecule has 6 amide bonds. The average Bonchev–Trinajstić information content (AvgIpc) is 1.80. The van der Waals surface area contributed by atoms with Crippen molar-refractivity contribution in [3.05, 3.63) is 71.8 Å². The van der Waals surface area contributed by atoms with Crippen LogP contribution in [0.25, 0.3) is 0 Å². The highest BCUT2D eigenvalue weighted by atomic mass is 16.6. The fourth-order valence-corrected chi connectivity index (χ4v) is 18.7. The third-order valence-corrected chi connectivity index (χ3v) is 26.4. The number of rotatable bonds is 67. The number of nitrogens with one attached hydrogen (secondary N) is 2. The van der Waals surface area contributed by atoms with Crippen LogP contribution in [0.5, 0.6) is 0 Å². The van der Waals surface area contributed by atoms with E-state index in [-0.39, 0.29) is 222 Å². The number of carbonyl (C=O) groups is 12. The van der Waals surface area contributed by atoms with Crippen molar-refractivity contribution in [2.75, 3.05) is 176 Å². The molecule has 776 valence electrons. The van der Waals surface area contributed by atoms with Gasteiger partial charge in [-0.1, -0.05) is 182 Å². The first-order chi connectivity index (χ1) is 65.1. The van der Waals surface area contributed by atoms with Crippen LogP contribution in [0, 0.1) is 95.7 Å². The summed E-state index contributed by atoms with van der Waals surface area (Å²) in [5, 5.41) is 15.3. The highest BCUT2D eigenvalue weighted by Crippen LogP contribution is 2.36. The molecule has 2 aliphatic rings. The zero-order valence-corrected chi connectivity index (χ0v) is 87.2. The molecule has 0 saturated carbocycles. The quantitative estimate of drug-likeness (QED) is 0.0353. The second-order valence-electron chi connectivity index (χ2n) is 38.2. The van der Waals surface area contributed by atoms with Crippen LogP contribution in [-0.2, 0) is 113 Å². The van der Waals surface area contributed by atoms with E-state index < -0.39 is 84.1 Å². The number of terminal acetylenes is 2. The minimum absolute atomic E-state index is 0.00721. The van der Waals surface area contributed by atoms with Gasteiger partial charge in [-0.2, -0.15) is 0 Å². The molecule has 0 bridgehead atoms. The van der Waals surface area contributed by atoms with E-state index in [2.05, 4.69) is 41.1 Å². The first kappa shape index (κ1) is 125. The van der Waals surface area contributed by atoms with Crippen LogP contribution in [0.4, 0.5) is 4.79 Å². The molecule has 18 atom stereocenters. The average molecular weight is 1930 g/mol. The number of methoxy groups -OCH3 is 4. The van der Waals surface area contributed by atoms with E-state index in [0.717, 1.165) is 36.8 Å². The largest absolute Gasteiger partial charge is 0.481 e. The molecule has 2 aromatic rings. The van der Waals surface area contributed by atoms with Crippen LogP contribution in [0.2, 0.25) is 0 Å². The highest BCUT2D eigenvalue weighted by molar-refractivity contribution is 5.92. The summed E-state index contributed by atoms with van der Waals surface area (Å²) in [6.45, 7) is 32.7. The summed E-state index contributed by atoms with van der Waals surface area (Å²) < 4.78 is 55.0. The van der Waals surface area contributed by atoms with Gasteiger partial charge in [0.25, 0.3) is 0 Å². The number of alkyl carbamates (subject to hydrolysis) is 1. The Bertz CT molecular complexity index is 3940. The van der Waals surface area contributed by atoms with Crippen molar-refractivity contribution in [2.45, 2.75) is 254 Å². The van der Waals surface area contributed by atoms with Crippen molar-refractivity contribution in [3.8, 4) is 24.7 Å². The highest BCUT2D eigenvalue weighted by Gasteiger charge is 2.47. The Morgan fingerprint density at radius 1 is 0.474 bits per heavy atom. The number of Topliss-reactive ketones (excluding diaryl/α,β-unsaturated/α-hetero) is 5. The maximum atomic E-state index is 14.4. The maximum Gasteiger partial charge on any atom is 0.408 e. The summed E-state index contributed by atoms with van der Waals surface area (Å²) in [5.74, 6) is -1.59. The summed E-state index contributed by atoms with van der Waals surface area (Å²) >= 11 is 0. The van der Waals surface area contributed by atoms with Crippen molar-refractivity contribution < 1.29 is 110 Å². The fourth-order valence-electron chi connectivity index (χ4n) is 18.7. The molecule has 0 aliphatic carbocycles. The second kappa shape index (κ2) is 68.6. The Kier molecular flexibility index (Phi) is 62.4. The number of likely N-dealkylation sites (N-methyl/N-ethyl adjacent to an activating group) is 4. The zero-order valence-electron chi connectivity index (χ0n) is 87.2. The lowest BCUT2D eigenvalue weighted by Crippen LogP contribution is -2.54. The topological polar surface area (TPSA) is 387 Å². The number of ketones is 5. The summed E-state index contributed by atoms with van der Waals surface area (Å²) in [4.78, 5) is 172. The number of ether oxygens (including phenoxy) is 10. The molecule has 0 spiro atoms. The van der Waals surface area contributed by atoms with E-state index in [4.69, 9.17) is 61.2 Å². The molecule has 2 saturated heterocycles. The van der Waals surface area contributed by atoms with Crippen LogP contribution in [0.3, 0.4) is 0 Å². The number of aliphatic carboxylic acids is 1. The monoisotopic (exact) mass is 1930 g/mol. The third-order valence-electron chi connectivity index (χ3n) is 26.4. The van der Waals surface area contributed by atoms with Gasteiger partial charge in [-0.15, -0.1) is 12.8 Å². The molecule has 32 nitrogen and oxygen atoms in total. The molecule has 2 aromatic carbocycles. The van der Waals surface area contributed by atoms with Gasteiger partial charge in [-0.25, -0.2) is 4.79 Å². The number of nitrogens with two attached hydrogens (primary N) is 1. The molecule has 32 heteroatoms. The molecular weight excluding hydrogens is 1760 g/mol. The van der Waals surface area contributed by atoms with Crippen molar-refractivity contribution in [2.24, 2.45) is 76.7 Å². The van der Waals surface area contributed by atoms with Gasteiger partial charge in [0.2, 0.25) is 29.5 Å². The number of carboxylic acids is 1. The van der Waals surface area contributed by atoms with E-state index in [1.54, 1.807) is 68.9 Å². The molecule has 137 heavy (non-hydrogen) atoms. The van der Waals surface area contributed by atoms with Crippen LogP contribution < -0.4 is 16.4 Å². The van der Waals surface area contributed by atoms with Gasteiger partial charge >= 0.3 is 12.1 Å². The summed E-state index contributed by atoms with van der Waals surface area (Å²) in [6.07, 6.45) is 12.2. The first-order valence-corrected chi connectivity index (χ1v) is 49.2. The SMILES string of the molecule is C#CCOC(=O)NCCOCCOCCN.C#CCOCCC(=O)COCCOCCNC(=O)[C@@H](CC(=O)[C@H](C)[C@@H](OC)[C@@H]1CCCN1C(=O)CC(OC)[C@H](C(C)CC)N(C)C(=O)[C@@H](CC(=O)[C@H](C(C)C)N(C)C)C(C)C)Cc1ccccc1.CCC(C)[C@@H](C(CC(=O)N1CCC[C@H]1[C@H](OC)[C@@H](C)C(=O)C[C@@H](Cc1ccccc1)C(=O)O)OC)N(C)C(=O)[C@@H](CC(=O)[C@H](C(C)C)N(C)C)C(C)C. The van der Waals surface area contributed by atoms with Gasteiger partial charge in [0, 0.05) is 137 Å². The normalized spacial score (nSPS) is 17.3. The van der Waals surface area contributed by atoms with Crippen LogP contribution >= 0.6 is 0 Å². The fraction of sp³-hybridized carbons (Fsp3) is 0.733. The Balaban J connectivity index is 0.000000813. The lowest BCUT2D eigenvalue weighted by atomic mass is 9.83. The van der Waals surface area contributed by atoms with Crippen molar-refractivity contribution >= 4 is 70.5 Å². The van der Waals surface area contributed by atoms with E-state index in [1.165, 1.54) is 7.11 Å². The van der Waals surface area contributed by atoms with Crippen molar-refractivity contribution in [1.82, 2.24) is 40.0 Å². The number of nitrogens with zero attached hydrogens (tertiary/aromatic N) is 6. The lowest BCUT2D eigenvalue weighted by molar-refractivity contribution is -0.149. The number of likely N-dealkylation sites (tertiary alicyclic amines) is 2. The predicted octanol–water partition coefficient (Wildman–Crippen LogP) is 10.3. The number of hydrogen-bond acceptors (Lipinski definition) is 25. The number of hydrogen-bond donors (Lipinski definition) is 4. The van der Waals surface area contributed by atoms with E-state index in [1.807, 2.05) is 168 Å². The lowest BCUT2D eigenvalue weighted by Gasteiger charge is -2.41. The molecule has 0 radical (unpaired) electrons. The first-order valence-electron chi connectivity index (χ1n) is 49.2. The Hall–Kier alpha value is -8.48. The maximum absolute atomic E-state index is 14.4. The van der Waals surface area contributed by atoms with E-state index in [0.29, 0.717) is 71.9 Å². The van der Waals surface area contributed by atoms with Gasteiger partial charge in [0.1, 0.15) is 24.8 Å². The zero-order chi connectivity index (χ0) is 103. The molecule has 2 fully saturated rings. The standard InChI is InChI=1S/C53H86N4O11.C42H69N3O8.C10H18N2O4/c1-14-26-66-27-23-42(58)35-68-30-29-67-28-24-54-52(62)41(31-40-20-17-16-18-21-40)32-45(59)39(8)51(65-13)44-22-19-25-57(44)48(61)34-47(64-12)50(38(7)15-2)56(11)53(63)43(36(3)4)33-46(60)49(37(5)6)55(9)10;1-13-28(6)39(44(10)41(49)32(26(2)3)24-35(47)38(27(4)5)43(8)9)36(52-11)25-37(48)45-21-17-20-33(45)40(53-12)29(7)34(46)23-31(42(50)51)22-30-18-15-14-16-19-30;1-2-5-16-10(13)12-4-7-15-9-8-14-6-3-11/h1,16-18,20-21,36-39,41,43-44,47,49-51H,15,19,22-35H2,2-13H3,(H,54,62);14-16,18-19,26-29,31-33,36,38-40H,13,17,20-25H2,1-12H3,(H,50,51);1H,3-9,11H2,(H,12,13)/t38?,39-,41+,43-,44-,47?,49-,50-,51+;28?,29-,31+,32-,33-,36?,38-,39-,40+;/m00./s1. The van der Waals surface area contributed by atoms with E-state index >= 15 is 0 Å². The molecule has 2 heterocycles. The third kappa shape index (κ3) is 43.7. The number of benzene rings is 2. The molecule has 5 N–H and O–H groups in total. The second-order valence-corrected chi connectivity index (χ2v) is 38.2. The smallest absolute Gasteiger partial charge is 0.408 e. The summed E-state index contributed by atoms with van der Waals surface area (Å²) in [6, 6.07) is 16.6. The molecule has 4 rings (SSSR count). The van der Waals surface area contributed by atoms with Crippen molar-refractivity contribution in [1.29, 1.82) is 0 Å². The van der Waals surface area contributed by atoms with Crippen LogP contribution in [-0.4, -0.2) is 342 Å². The van der Waals surface area contributed by atoms with Gasteiger partial charge in [-0.05, 0) is 113 Å². The molecule has 2 aliphatic heterocycles. The minimum atomic E-state index is -1.02. The summed E-state index contributed by atoms with van der Waals surface area (Å²) in [7, 11) is 17.3. The molecular formula is C105H173N9O23. The van der Waals surface area contributed by atoms with Gasteiger partial charge in [-0.3, -0.25) is 62.5 Å². The molecule has 0 aromatic heterocycles. The van der Waals surface area contributed by atoms with Crippen LogP contribution in [0.1, 0.15) is 192 Å².